The van der Waals surface area contributed by atoms with Crippen molar-refractivity contribution in [2.24, 2.45) is 5.92 Å². The van der Waals surface area contributed by atoms with Crippen LogP contribution in [0.25, 0.3) is 0 Å². The van der Waals surface area contributed by atoms with E-state index in [0.29, 0.717) is 12.3 Å². The monoisotopic (exact) mass is 291 g/mol. The third kappa shape index (κ3) is 5.05. The molecule has 116 valence electrons. The molecule has 0 radical (unpaired) electrons. The Bertz CT molecular complexity index is 456. The van der Waals surface area contributed by atoms with E-state index in [4.69, 9.17) is 9.47 Å². The van der Waals surface area contributed by atoms with Gasteiger partial charge in [-0.2, -0.15) is 0 Å². The Morgan fingerprint density at radius 3 is 2.67 bits per heavy atom. The zero-order valence-electron chi connectivity index (χ0n) is 13.2. The summed E-state index contributed by atoms with van der Waals surface area (Å²) in [6.45, 7) is 6.73. The Morgan fingerprint density at radius 2 is 2.05 bits per heavy atom. The third-order valence-corrected chi connectivity index (χ3v) is 3.76. The molecule has 4 heteroatoms. The van der Waals surface area contributed by atoms with Crippen molar-refractivity contribution in [1.29, 1.82) is 0 Å². The molecule has 1 aliphatic heterocycles. The molecular formula is C17H25NO3. The van der Waals surface area contributed by atoms with Crippen molar-refractivity contribution in [1.82, 2.24) is 4.90 Å². The van der Waals surface area contributed by atoms with Crippen LogP contribution in [-0.4, -0.2) is 37.2 Å². The summed E-state index contributed by atoms with van der Waals surface area (Å²) in [5.74, 6) is 1.24. The van der Waals surface area contributed by atoms with Crippen molar-refractivity contribution in [2.75, 3.05) is 20.2 Å². The van der Waals surface area contributed by atoms with Gasteiger partial charge in [-0.05, 0) is 50.4 Å². The standard InChI is InChI=1S/C17H25NO3/c1-13(2)21-17(19)10-15-8-9-18(12-15)11-14-4-6-16(20-3)7-5-14/h4-7,13,15H,8-12H2,1-3H3. The molecule has 1 heterocycles. The van der Waals surface area contributed by atoms with Gasteiger partial charge in [0.2, 0.25) is 0 Å². The lowest BCUT2D eigenvalue weighted by atomic mass is 10.1. The van der Waals surface area contributed by atoms with E-state index in [-0.39, 0.29) is 12.1 Å². The lowest BCUT2D eigenvalue weighted by molar-refractivity contribution is -0.148. The van der Waals surface area contributed by atoms with Gasteiger partial charge in [0.1, 0.15) is 5.75 Å². The molecule has 1 aromatic carbocycles. The summed E-state index contributed by atoms with van der Waals surface area (Å²) in [7, 11) is 1.68. The van der Waals surface area contributed by atoms with Crippen molar-refractivity contribution in [3.63, 3.8) is 0 Å². The van der Waals surface area contributed by atoms with E-state index in [0.717, 1.165) is 31.8 Å². The summed E-state index contributed by atoms with van der Waals surface area (Å²) < 4.78 is 10.4. The minimum Gasteiger partial charge on any atom is -0.497 e. The molecule has 0 spiro atoms. The first kappa shape index (κ1) is 15.8. The van der Waals surface area contributed by atoms with Gasteiger partial charge in [-0.1, -0.05) is 12.1 Å². The van der Waals surface area contributed by atoms with E-state index in [1.54, 1.807) is 7.11 Å². The first-order valence-corrected chi connectivity index (χ1v) is 7.61. The van der Waals surface area contributed by atoms with Gasteiger partial charge in [-0.3, -0.25) is 9.69 Å². The molecule has 0 aliphatic carbocycles. The molecule has 2 rings (SSSR count). The molecule has 0 bridgehead atoms. The van der Waals surface area contributed by atoms with Crippen LogP contribution in [0.4, 0.5) is 0 Å². The number of methoxy groups -OCH3 is 1. The predicted octanol–water partition coefficient (Wildman–Crippen LogP) is 2.86. The molecule has 0 saturated carbocycles. The number of hydrogen-bond acceptors (Lipinski definition) is 4. The van der Waals surface area contributed by atoms with E-state index in [1.165, 1.54) is 5.56 Å². The molecule has 1 aliphatic rings. The van der Waals surface area contributed by atoms with Crippen LogP contribution >= 0.6 is 0 Å². The van der Waals surface area contributed by atoms with Gasteiger partial charge in [0.15, 0.2) is 0 Å². The topological polar surface area (TPSA) is 38.8 Å². The average Bonchev–Trinajstić information content (AvgIpc) is 2.85. The molecule has 1 atom stereocenters. The molecule has 4 nitrogen and oxygen atoms in total. The number of carbonyl (C=O) groups excluding carboxylic acids is 1. The normalized spacial score (nSPS) is 19.0. The molecule has 1 fully saturated rings. The smallest absolute Gasteiger partial charge is 0.306 e. The fourth-order valence-corrected chi connectivity index (χ4v) is 2.76. The third-order valence-electron chi connectivity index (χ3n) is 3.76. The van der Waals surface area contributed by atoms with Gasteiger partial charge < -0.3 is 9.47 Å². The van der Waals surface area contributed by atoms with E-state index in [2.05, 4.69) is 17.0 Å². The Morgan fingerprint density at radius 1 is 1.33 bits per heavy atom. The number of rotatable bonds is 6. The minimum atomic E-state index is -0.0682. The van der Waals surface area contributed by atoms with Crippen LogP contribution in [0.15, 0.2) is 24.3 Å². The molecule has 1 unspecified atom stereocenters. The molecule has 0 amide bonds. The highest BCUT2D eigenvalue weighted by atomic mass is 16.5. The maximum absolute atomic E-state index is 11.7. The number of benzene rings is 1. The largest absolute Gasteiger partial charge is 0.497 e. The summed E-state index contributed by atoms with van der Waals surface area (Å²) in [5, 5.41) is 0. The average molecular weight is 291 g/mol. The first-order chi connectivity index (χ1) is 10.1. The van der Waals surface area contributed by atoms with E-state index < -0.39 is 0 Å². The Hall–Kier alpha value is -1.55. The molecule has 0 N–H and O–H groups in total. The Kier molecular flexibility index (Phi) is 5.62. The number of nitrogens with zero attached hydrogens (tertiary/aromatic N) is 1. The van der Waals surface area contributed by atoms with Gasteiger partial charge in [-0.25, -0.2) is 0 Å². The highest BCUT2D eigenvalue weighted by Crippen LogP contribution is 2.22. The quantitative estimate of drug-likeness (QED) is 0.756. The first-order valence-electron chi connectivity index (χ1n) is 7.61. The maximum atomic E-state index is 11.7. The second-order valence-corrected chi connectivity index (χ2v) is 5.98. The maximum Gasteiger partial charge on any atom is 0.306 e. The lowest BCUT2D eigenvalue weighted by Gasteiger charge is -2.16. The summed E-state index contributed by atoms with van der Waals surface area (Å²) in [4.78, 5) is 14.1. The number of hydrogen-bond donors (Lipinski definition) is 0. The van der Waals surface area contributed by atoms with Gasteiger partial charge in [0.05, 0.1) is 13.2 Å². The molecule has 21 heavy (non-hydrogen) atoms. The molecule has 1 aromatic rings. The minimum absolute atomic E-state index is 0.0192. The van der Waals surface area contributed by atoms with Crippen LogP contribution in [-0.2, 0) is 16.1 Å². The van der Waals surface area contributed by atoms with Gasteiger partial charge in [-0.15, -0.1) is 0 Å². The second kappa shape index (κ2) is 7.46. The zero-order valence-corrected chi connectivity index (χ0v) is 13.2. The summed E-state index contributed by atoms with van der Waals surface area (Å²) in [6, 6.07) is 8.17. The number of ether oxygens (including phenoxy) is 2. The van der Waals surface area contributed by atoms with E-state index >= 15 is 0 Å². The highest BCUT2D eigenvalue weighted by molar-refractivity contribution is 5.69. The zero-order chi connectivity index (χ0) is 15.2. The van der Waals surface area contributed by atoms with Crippen LogP contribution in [0.1, 0.15) is 32.3 Å². The Balaban J connectivity index is 1.78. The van der Waals surface area contributed by atoms with Crippen molar-refractivity contribution in [3.05, 3.63) is 29.8 Å². The van der Waals surface area contributed by atoms with Gasteiger partial charge in [0, 0.05) is 19.5 Å². The van der Waals surface area contributed by atoms with Gasteiger partial charge >= 0.3 is 5.97 Å². The van der Waals surface area contributed by atoms with Crippen molar-refractivity contribution >= 4 is 5.97 Å². The highest BCUT2D eigenvalue weighted by Gasteiger charge is 2.25. The van der Waals surface area contributed by atoms with Crippen molar-refractivity contribution in [3.8, 4) is 5.75 Å². The van der Waals surface area contributed by atoms with E-state index in [9.17, 15) is 4.79 Å². The van der Waals surface area contributed by atoms with E-state index in [1.807, 2.05) is 26.0 Å². The van der Waals surface area contributed by atoms with Crippen LogP contribution < -0.4 is 4.74 Å². The Labute approximate surface area is 127 Å². The fraction of sp³-hybridized carbons (Fsp3) is 0.588. The summed E-state index contributed by atoms with van der Waals surface area (Å²) in [5.41, 5.74) is 1.28. The van der Waals surface area contributed by atoms with Crippen molar-refractivity contribution < 1.29 is 14.3 Å². The molecule has 0 aromatic heterocycles. The number of carbonyl (C=O) groups is 1. The summed E-state index contributed by atoms with van der Waals surface area (Å²) >= 11 is 0. The fourth-order valence-electron chi connectivity index (χ4n) is 2.76. The van der Waals surface area contributed by atoms with Crippen molar-refractivity contribution in [2.45, 2.75) is 39.3 Å². The van der Waals surface area contributed by atoms with Crippen LogP contribution in [0.3, 0.4) is 0 Å². The van der Waals surface area contributed by atoms with Crippen LogP contribution in [0.2, 0.25) is 0 Å². The van der Waals surface area contributed by atoms with Crippen LogP contribution in [0, 0.1) is 5.92 Å². The lowest BCUT2D eigenvalue weighted by Crippen LogP contribution is -2.21. The molecule has 1 saturated heterocycles. The number of likely N-dealkylation sites (tertiary alicyclic amines) is 1. The number of esters is 1. The van der Waals surface area contributed by atoms with Crippen LogP contribution in [0.5, 0.6) is 5.75 Å². The molecular weight excluding hydrogens is 266 g/mol. The SMILES string of the molecule is COc1ccc(CN2CCC(CC(=O)OC(C)C)C2)cc1. The summed E-state index contributed by atoms with van der Waals surface area (Å²) in [6.07, 6.45) is 1.59. The second-order valence-electron chi connectivity index (χ2n) is 5.98. The predicted molar refractivity (Wildman–Crippen MR) is 82.2 cm³/mol. The van der Waals surface area contributed by atoms with Gasteiger partial charge in [0.25, 0.3) is 0 Å².